The van der Waals surface area contributed by atoms with Crippen LogP contribution in [-0.4, -0.2) is 37.2 Å². The number of allylic oxidation sites excluding steroid dienone is 24. The molecule has 0 saturated carbocycles. The number of hydrogen-bond acceptors (Lipinski definition) is 6. The van der Waals surface area contributed by atoms with Gasteiger partial charge in [0.25, 0.3) is 0 Å². The van der Waals surface area contributed by atoms with Gasteiger partial charge in [0.15, 0.2) is 6.10 Å². The maximum atomic E-state index is 12.8. The maximum Gasteiger partial charge on any atom is 0.306 e. The number of esters is 3. The van der Waals surface area contributed by atoms with Gasteiger partial charge in [-0.2, -0.15) is 0 Å². The summed E-state index contributed by atoms with van der Waals surface area (Å²) in [4.78, 5) is 38.1. The van der Waals surface area contributed by atoms with E-state index < -0.39 is 6.10 Å². The zero-order valence-electron chi connectivity index (χ0n) is 44.0. The summed E-state index contributed by atoms with van der Waals surface area (Å²) in [5.74, 6) is -1.05. The molecule has 0 bridgehead atoms. The molecule has 1 unspecified atom stereocenters. The van der Waals surface area contributed by atoms with E-state index in [2.05, 4.69) is 87.6 Å². The van der Waals surface area contributed by atoms with Gasteiger partial charge in [-0.05, 0) is 89.9 Å². The predicted molar refractivity (Wildman–Crippen MR) is 297 cm³/mol. The normalized spacial score (nSPS) is 13.3. The summed E-state index contributed by atoms with van der Waals surface area (Å²) >= 11 is 0. The second kappa shape index (κ2) is 55.9. The molecule has 1 atom stereocenters. The lowest BCUT2D eigenvalue weighted by Gasteiger charge is -2.18. The Kier molecular flexibility index (Phi) is 52.1. The van der Waals surface area contributed by atoms with Crippen LogP contribution in [0.4, 0.5) is 0 Å². The van der Waals surface area contributed by atoms with Crippen molar-refractivity contribution in [2.24, 2.45) is 0 Å². The molecule has 0 aromatic rings. The van der Waals surface area contributed by atoms with Gasteiger partial charge >= 0.3 is 17.9 Å². The molecule has 0 aromatic heterocycles. The second-order valence-corrected chi connectivity index (χ2v) is 17.6. The van der Waals surface area contributed by atoms with Crippen LogP contribution in [0.15, 0.2) is 146 Å². The molecule has 0 aromatic carbocycles. The Morgan fingerprint density at radius 2 is 0.667 bits per heavy atom. The van der Waals surface area contributed by atoms with Gasteiger partial charge in [0.1, 0.15) is 13.2 Å². The number of unbranched alkanes of at least 4 members (excludes halogenated alkanes) is 18. The first kappa shape index (κ1) is 64.3. The van der Waals surface area contributed by atoms with E-state index in [0.717, 1.165) is 83.5 Å². The van der Waals surface area contributed by atoms with Gasteiger partial charge in [0.2, 0.25) is 0 Å². The summed E-state index contributed by atoms with van der Waals surface area (Å²) in [6.07, 6.45) is 79.8. The molecule has 0 aliphatic rings. The van der Waals surface area contributed by atoms with Crippen LogP contribution in [0.2, 0.25) is 0 Å². The standard InChI is InChI=1S/C63H98O6/c1-4-7-10-13-16-19-22-25-27-29-31-33-35-38-41-44-47-50-53-56-62(65)68-59-60(58-67-61(64)55-52-49-46-43-40-37-24-21-18-15-12-9-6-3)69-63(66)57-54-51-48-45-42-39-36-34-32-30-28-26-23-20-17-14-11-8-5-2/h7-8,10-11,13,16-17,19-20,22,25-29,31,33,35,37-38,40-41,46,49,60H,4-6,9,12,14-15,18,21,23-24,30,32,34,36,39,42-45,47-48,50-59H2,1-3H3/b10-7+,11-8+,16-13+,20-17+,22-19+,27-25+,28-26+,31-29+,35-33+,40-37+,41-38+,49-46+. The fraction of sp³-hybridized carbons (Fsp3) is 0.571. The molecule has 0 amide bonds. The highest BCUT2D eigenvalue weighted by atomic mass is 16.6. The van der Waals surface area contributed by atoms with Crippen molar-refractivity contribution in [2.75, 3.05) is 13.2 Å². The molecular weight excluding hydrogens is 853 g/mol. The van der Waals surface area contributed by atoms with Gasteiger partial charge in [-0.1, -0.05) is 250 Å². The smallest absolute Gasteiger partial charge is 0.306 e. The summed E-state index contributed by atoms with van der Waals surface area (Å²) in [5.41, 5.74) is 0. The van der Waals surface area contributed by atoms with Crippen molar-refractivity contribution in [3.63, 3.8) is 0 Å². The number of carbonyl (C=O) groups excluding carboxylic acids is 3. The molecule has 0 spiro atoms. The topological polar surface area (TPSA) is 78.9 Å². The fourth-order valence-corrected chi connectivity index (χ4v) is 6.96. The van der Waals surface area contributed by atoms with Gasteiger partial charge in [-0.15, -0.1) is 0 Å². The fourth-order valence-electron chi connectivity index (χ4n) is 6.96. The number of ether oxygens (including phenoxy) is 3. The van der Waals surface area contributed by atoms with E-state index in [0.29, 0.717) is 19.3 Å². The van der Waals surface area contributed by atoms with E-state index in [4.69, 9.17) is 14.2 Å². The molecule has 6 nitrogen and oxygen atoms in total. The van der Waals surface area contributed by atoms with E-state index in [1.807, 2.05) is 79.0 Å². The molecule has 0 rings (SSSR count). The second-order valence-electron chi connectivity index (χ2n) is 17.6. The quantitative estimate of drug-likeness (QED) is 0.0199. The predicted octanol–water partition coefficient (Wildman–Crippen LogP) is 18.4. The van der Waals surface area contributed by atoms with Crippen LogP contribution in [-0.2, 0) is 28.6 Å². The number of rotatable bonds is 47. The SMILES string of the molecule is CC/C=C/C=C/C=C/C=C/C=C/C=C/C=C/CCCCCC(=O)OCC(COC(=O)CC/C=C/C/C=C/CCCCCCCC)OC(=O)CCCCCCCCCCC/C=C/C/C=C/C/C=C/CC. The van der Waals surface area contributed by atoms with Crippen molar-refractivity contribution < 1.29 is 28.6 Å². The van der Waals surface area contributed by atoms with Crippen molar-refractivity contribution in [3.05, 3.63) is 146 Å². The van der Waals surface area contributed by atoms with Crippen LogP contribution < -0.4 is 0 Å². The molecule has 0 saturated heterocycles. The van der Waals surface area contributed by atoms with Crippen molar-refractivity contribution in [2.45, 2.75) is 219 Å². The van der Waals surface area contributed by atoms with Crippen LogP contribution >= 0.6 is 0 Å². The van der Waals surface area contributed by atoms with E-state index >= 15 is 0 Å². The Bertz CT molecular complexity index is 1560. The summed E-state index contributed by atoms with van der Waals surface area (Å²) in [7, 11) is 0. The minimum atomic E-state index is -0.829. The zero-order chi connectivity index (χ0) is 50.0. The summed E-state index contributed by atoms with van der Waals surface area (Å²) in [5, 5.41) is 0. The Morgan fingerprint density at radius 1 is 0.319 bits per heavy atom. The van der Waals surface area contributed by atoms with Gasteiger partial charge in [0.05, 0.1) is 0 Å². The van der Waals surface area contributed by atoms with Crippen LogP contribution in [0.1, 0.15) is 213 Å². The largest absolute Gasteiger partial charge is 0.462 e. The van der Waals surface area contributed by atoms with Crippen molar-refractivity contribution in [1.29, 1.82) is 0 Å². The van der Waals surface area contributed by atoms with Gasteiger partial charge in [-0.25, -0.2) is 0 Å². The van der Waals surface area contributed by atoms with E-state index in [9.17, 15) is 14.4 Å². The first-order chi connectivity index (χ1) is 34.0. The van der Waals surface area contributed by atoms with Crippen molar-refractivity contribution in [1.82, 2.24) is 0 Å². The molecule has 0 N–H and O–H groups in total. The van der Waals surface area contributed by atoms with E-state index in [1.54, 1.807) is 0 Å². The summed E-state index contributed by atoms with van der Waals surface area (Å²) in [6.45, 7) is 6.26. The highest BCUT2D eigenvalue weighted by Crippen LogP contribution is 2.14. The molecule has 0 radical (unpaired) electrons. The average Bonchev–Trinajstić information content (AvgIpc) is 3.35. The average molecular weight is 951 g/mol. The first-order valence-electron chi connectivity index (χ1n) is 27.4. The molecule has 386 valence electrons. The first-order valence-corrected chi connectivity index (χ1v) is 27.4. The van der Waals surface area contributed by atoms with Gasteiger partial charge in [-0.3, -0.25) is 14.4 Å². The third-order valence-corrected chi connectivity index (χ3v) is 11.0. The van der Waals surface area contributed by atoms with Crippen molar-refractivity contribution in [3.8, 4) is 0 Å². The number of carbonyl (C=O) groups is 3. The Balaban J connectivity index is 4.56. The maximum absolute atomic E-state index is 12.8. The Hall–Kier alpha value is -4.71. The highest BCUT2D eigenvalue weighted by molar-refractivity contribution is 5.71. The van der Waals surface area contributed by atoms with Crippen LogP contribution in [0, 0.1) is 0 Å². The third kappa shape index (κ3) is 54.1. The molecule has 0 heterocycles. The van der Waals surface area contributed by atoms with Gasteiger partial charge < -0.3 is 14.2 Å². The minimum absolute atomic E-state index is 0.127. The lowest BCUT2D eigenvalue weighted by Crippen LogP contribution is -2.30. The number of hydrogen-bond donors (Lipinski definition) is 0. The monoisotopic (exact) mass is 951 g/mol. The Morgan fingerprint density at radius 3 is 1.16 bits per heavy atom. The van der Waals surface area contributed by atoms with Crippen LogP contribution in [0.5, 0.6) is 0 Å². The third-order valence-electron chi connectivity index (χ3n) is 11.0. The van der Waals surface area contributed by atoms with Crippen molar-refractivity contribution >= 4 is 17.9 Å². The van der Waals surface area contributed by atoms with Crippen LogP contribution in [0.3, 0.4) is 0 Å². The van der Waals surface area contributed by atoms with Gasteiger partial charge in [0, 0.05) is 19.3 Å². The minimum Gasteiger partial charge on any atom is -0.462 e. The molecule has 0 aliphatic carbocycles. The molecular formula is C63H98O6. The highest BCUT2D eigenvalue weighted by Gasteiger charge is 2.19. The molecule has 0 aliphatic heterocycles. The Labute approximate surface area is 423 Å². The van der Waals surface area contributed by atoms with E-state index in [-0.39, 0.29) is 44.0 Å². The summed E-state index contributed by atoms with van der Waals surface area (Å²) in [6, 6.07) is 0. The lowest BCUT2D eigenvalue weighted by molar-refractivity contribution is -0.166. The molecule has 6 heteroatoms. The summed E-state index contributed by atoms with van der Waals surface area (Å²) < 4.78 is 16.7. The lowest BCUT2D eigenvalue weighted by atomic mass is 10.1. The van der Waals surface area contributed by atoms with E-state index in [1.165, 1.54) is 77.0 Å². The molecule has 0 fully saturated rings. The molecule has 69 heavy (non-hydrogen) atoms. The zero-order valence-corrected chi connectivity index (χ0v) is 44.0. The van der Waals surface area contributed by atoms with Crippen LogP contribution in [0.25, 0.3) is 0 Å².